The van der Waals surface area contributed by atoms with Gasteiger partial charge in [-0.3, -0.25) is 9.59 Å². The summed E-state index contributed by atoms with van der Waals surface area (Å²) >= 11 is 5.77. The fourth-order valence-electron chi connectivity index (χ4n) is 2.55. The number of benzene rings is 1. The molecule has 2 aromatic rings. The monoisotopic (exact) mass is 366 g/mol. The number of nitrogens with zero attached hydrogens (tertiary/aromatic N) is 2. The zero-order chi connectivity index (χ0) is 17.5. The highest BCUT2D eigenvalue weighted by Crippen LogP contribution is 2.25. The van der Waals surface area contributed by atoms with Crippen LogP contribution in [0.1, 0.15) is 10.4 Å². The summed E-state index contributed by atoms with van der Waals surface area (Å²) in [6.07, 6.45) is 1.56. The molecule has 1 saturated heterocycles. The van der Waals surface area contributed by atoms with E-state index in [4.69, 9.17) is 11.6 Å². The molecule has 8 heteroatoms. The number of amides is 1. The molecule has 0 bridgehead atoms. The Morgan fingerprint density at radius 3 is 2.42 bits per heavy atom. The number of hydrogen-bond donors (Lipinski definition) is 0. The van der Waals surface area contributed by atoms with Gasteiger partial charge in [-0.2, -0.15) is 0 Å². The number of aromatic nitrogens is 1. The summed E-state index contributed by atoms with van der Waals surface area (Å²) in [6, 6.07) is 9.00. The molecule has 0 atom stereocenters. The van der Waals surface area contributed by atoms with Gasteiger partial charge in [0.15, 0.2) is 9.84 Å². The lowest BCUT2D eigenvalue weighted by molar-refractivity contribution is 0.0656. The molecule has 0 unspecified atom stereocenters. The van der Waals surface area contributed by atoms with Crippen LogP contribution in [-0.4, -0.2) is 42.1 Å². The number of likely N-dealkylation sites (tertiary alicyclic amines) is 1. The molecule has 1 fully saturated rings. The van der Waals surface area contributed by atoms with E-state index in [0.29, 0.717) is 5.02 Å². The lowest BCUT2D eigenvalue weighted by atomic mass is 10.1. The van der Waals surface area contributed by atoms with Gasteiger partial charge in [-0.05, 0) is 36.4 Å². The molecule has 1 aliphatic rings. The van der Waals surface area contributed by atoms with Crippen LogP contribution in [0.5, 0.6) is 0 Å². The first-order valence-corrected chi connectivity index (χ1v) is 9.17. The number of halogens is 1. The van der Waals surface area contributed by atoms with Crippen LogP contribution in [0.3, 0.4) is 0 Å². The number of carbonyl (C=O) groups is 1. The van der Waals surface area contributed by atoms with E-state index in [2.05, 4.69) is 0 Å². The molecular weight excluding hydrogens is 352 g/mol. The Bertz CT molecular complexity index is 945. The Kier molecular flexibility index (Phi) is 4.23. The summed E-state index contributed by atoms with van der Waals surface area (Å²) in [7, 11) is -1.96. The van der Waals surface area contributed by atoms with Gasteiger partial charge in [0.2, 0.25) is 0 Å². The number of aryl methyl sites for hydroxylation is 1. The molecule has 0 saturated carbocycles. The molecule has 1 aromatic heterocycles. The first-order chi connectivity index (χ1) is 11.3. The molecule has 0 N–H and O–H groups in total. The number of rotatable bonds is 3. The van der Waals surface area contributed by atoms with E-state index in [9.17, 15) is 18.0 Å². The molecule has 3 rings (SSSR count). The maximum atomic E-state index is 12.5. The maximum absolute atomic E-state index is 12.5. The van der Waals surface area contributed by atoms with Gasteiger partial charge >= 0.3 is 0 Å². The fourth-order valence-corrected chi connectivity index (χ4v) is 4.33. The normalized spacial score (nSPS) is 15.2. The Morgan fingerprint density at radius 2 is 1.79 bits per heavy atom. The van der Waals surface area contributed by atoms with Crippen molar-refractivity contribution in [2.24, 2.45) is 7.05 Å². The molecular formula is C16H15ClN2O4S. The second-order valence-corrected chi connectivity index (χ2v) is 8.33. The minimum Gasteiger partial charge on any atom is -0.336 e. The maximum Gasteiger partial charge on any atom is 0.263 e. The fraction of sp³-hybridized carbons (Fsp3) is 0.250. The van der Waals surface area contributed by atoms with E-state index in [-0.39, 0.29) is 23.5 Å². The standard InChI is InChI=1S/C16H15ClN2O4S/c1-18-8-2-3-14(15(18)20)16(21)19-9-13(10-19)24(22,23)12-6-4-11(17)5-7-12/h2-8,13H,9-10H2,1H3. The Hall–Kier alpha value is -2.12. The molecule has 24 heavy (non-hydrogen) atoms. The molecule has 1 aromatic carbocycles. The summed E-state index contributed by atoms with van der Waals surface area (Å²) < 4.78 is 26.3. The van der Waals surface area contributed by atoms with E-state index in [0.717, 1.165) is 0 Å². The van der Waals surface area contributed by atoms with Gasteiger partial charge in [-0.25, -0.2) is 8.42 Å². The summed E-state index contributed by atoms with van der Waals surface area (Å²) in [5, 5.41) is -0.213. The van der Waals surface area contributed by atoms with Gasteiger partial charge in [-0.1, -0.05) is 11.6 Å². The molecule has 1 aliphatic heterocycles. The van der Waals surface area contributed by atoms with Crippen molar-refractivity contribution in [3.05, 3.63) is 63.5 Å². The molecule has 0 radical (unpaired) electrons. The molecule has 6 nitrogen and oxygen atoms in total. The Morgan fingerprint density at radius 1 is 1.17 bits per heavy atom. The first-order valence-electron chi connectivity index (χ1n) is 7.25. The van der Waals surface area contributed by atoms with E-state index >= 15 is 0 Å². The van der Waals surface area contributed by atoms with Crippen LogP contribution in [0, 0.1) is 0 Å². The van der Waals surface area contributed by atoms with Crippen LogP contribution in [0.25, 0.3) is 0 Å². The highest BCUT2D eigenvalue weighted by atomic mass is 35.5. The van der Waals surface area contributed by atoms with Crippen molar-refractivity contribution >= 4 is 27.3 Å². The topological polar surface area (TPSA) is 76.5 Å². The number of carbonyl (C=O) groups excluding carboxylic acids is 1. The second kappa shape index (κ2) is 6.07. The molecule has 1 amide bonds. The number of sulfone groups is 1. The predicted molar refractivity (Wildman–Crippen MR) is 90.0 cm³/mol. The third kappa shape index (κ3) is 2.85. The highest BCUT2D eigenvalue weighted by Gasteiger charge is 2.41. The third-order valence-electron chi connectivity index (χ3n) is 4.07. The minimum absolute atomic E-state index is 0.0438. The van der Waals surface area contributed by atoms with Crippen molar-refractivity contribution in [1.82, 2.24) is 9.47 Å². The van der Waals surface area contributed by atoms with E-state index in [1.165, 1.54) is 39.8 Å². The van der Waals surface area contributed by atoms with Crippen LogP contribution in [-0.2, 0) is 16.9 Å². The Labute approximate surface area is 144 Å². The zero-order valence-corrected chi connectivity index (χ0v) is 14.4. The van der Waals surface area contributed by atoms with E-state index < -0.39 is 26.6 Å². The number of hydrogen-bond acceptors (Lipinski definition) is 4. The summed E-state index contributed by atoms with van der Waals surface area (Å²) in [4.78, 5) is 25.9. The SMILES string of the molecule is Cn1cccc(C(=O)N2CC(S(=O)(=O)c3ccc(Cl)cc3)C2)c1=O. The zero-order valence-electron chi connectivity index (χ0n) is 12.8. The quantitative estimate of drug-likeness (QED) is 0.821. The predicted octanol–water partition coefficient (Wildman–Crippen LogP) is 1.34. The van der Waals surface area contributed by atoms with Gasteiger partial charge in [0.25, 0.3) is 11.5 Å². The first kappa shape index (κ1) is 16.7. The van der Waals surface area contributed by atoms with Crippen LogP contribution in [0.15, 0.2) is 52.3 Å². The Balaban J connectivity index is 1.75. The summed E-state index contributed by atoms with van der Waals surface area (Å²) in [5.74, 6) is -0.446. The van der Waals surface area contributed by atoms with E-state index in [1.807, 2.05) is 0 Å². The lowest BCUT2D eigenvalue weighted by Gasteiger charge is -2.38. The smallest absolute Gasteiger partial charge is 0.263 e. The highest BCUT2D eigenvalue weighted by molar-refractivity contribution is 7.92. The molecule has 126 valence electrons. The average Bonchev–Trinajstić information content (AvgIpc) is 2.48. The largest absolute Gasteiger partial charge is 0.336 e. The summed E-state index contributed by atoms with van der Waals surface area (Å²) in [5.41, 5.74) is -0.353. The minimum atomic E-state index is -3.52. The van der Waals surface area contributed by atoms with Crippen molar-refractivity contribution in [3.8, 4) is 0 Å². The molecule has 2 heterocycles. The second-order valence-electron chi connectivity index (χ2n) is 5.67. The van der Waals surface area contributed by atoms with Crippen molar-refractivity contribution in [1.29, 1.82) is 0 Å². The van der Waals surface area contributed by atoms with Gasteiger partial charge in [0.05, 0.1) is 4.90 Å². The van der Waals surface area contributed by atoms with E-state index in [1.54, 1.807) is 19.3 Å². The third-order valence-corrected chi connectivity index (χ3v) is 6.43. The van der Waals surface area contributed by atoms with Gasteiger partial charge in [-0.15, -0.1) is 0 Å². The average molecular weight is 367 g/mol. The van der Waals surface area contributed by atoms with Crippen LogP contribution >= 0.6 is 11.6 Å². The molecule has 0 aliphatic carbocycles. The van der Waals surface area contributed by atoms with Crippen molar-refractivity contribution < 1.29 is 13.2 Å². The summed E-state index contributed by atoms with van der Waals surface area (Å²) in [6.45, 7) is 0.143. The molecule has 0 spiro atoms. The number of pyridine rings is 1. The van der Waals surface area contributed by atoms with Gasteiger partial charge in [0, 0.05) is 31.4 Å². The van der Waals surface area contributed by atoms with Crippen molar-refractivity contribution in [2.45, 2.75) is 10.1 Å². The van der Waals surface area contributed by atoms with Crippen LogP contribution in [0.2, 0.25) is 5.02 Å². The van der Waals surface area contributed by atoms with Crippen molar-refractivity contribution in [2.75, 3.05) is 13.1 Å². The van der Waals surface area contributed by atoms with Gasteiger partial charge in [0.1, 0.15) is 10.8 Å². The van der Waals surface area contributed by atoms with Gasteiger partial charge < -0.3 is 9.47 Å². The van der Waals surface area contributed by atoms with Crippen LogP contribution in [0.4, 0.5) is 0 Å². The lowest BCUT2D eigenvalue weighted by Crippen LogP contribution is -2.57. The van der Waals surface area contributed by atoms with Crippen LogP contribution < -0.4 is 5.56 Å². The van der Waals surface area contributed by atoms with Crippen molar-refractivity contribution in [3.63, 3.8) is 0 Å².